The molecule has 0 aliphatic heterocycles. The summed E-state index contributed by atoms with van der Waals surface area (Å²) in [5, 5.41) is 0. The van der Waals surface area contributed by atoms with Crippen molar-refractivity contribution in [3.05, 3.63) is 0 Å². The molecule has 2 atom stereocenters. The lowest BCUT2D eigenvalue weighted by Gasteiger charge is -2.18. The third kappa shape index (κ3) is 24.9. The van der Waals surface area contributed by atoms with E-state index in [4.69, 9.17) is 9.05 Å². The summed E-state index contributed by atoms with van der Waals surface area (Å²) in [6.07, 6.45) is 21.8. The van der Waals surface area contributed by atoms with Crippen molar-refractivity contribution < 1.29 is 28.2 Å². The second kappa shape index (κ2) is 23.2. The molecule has 0 aliphatic carbocycles. The fourth-order valence-electron chi connectivity index (χ4n) is 4.30. The van der Waals surface area contributed by atoms with Crippen molar-refractivity contribution in [1.29, 1.82) is 0 Å². The van der Waals surface area contributed by atoms with Gasteiger partial charge in [-0.3, -0.25) is 9.05 Å². The molecule has 0 bridgehead atoms. The van der Waals surface area contributed by atoms with Gasteiger partial charge in [0.05, 0.1) is 33.9 Å². The van der Waals surface area contributed by atoms with Gasteiger partial charge in [0, 0.05) is 12.8 Å². The Hall–Kier alpha value is -0.260. The van der Waals surface area contributed by atoms with E-state index in [0.717, 1.165) is 25.8 Å². The normalized spacial score (nSPS) is 14.4. The summed E-state index contributed by atoms with van der Waals surface area (Å²) in [5.41, 5.74) is 0. The topological polar surface area (TPSA) is 77.3 Å². The summed E-state index contributed by atoms with van der Waals surface area (Å²) < 4.78 is 22.3. The van der Waals surface area contributed by atoms with Crippen LogP contribution in [0.25, 0.3) is 0 Å². The lowest BCUT2D eigenvalue weighted by molar-refractivity contribution is -0.858. The van der Waals surface area contributed by atoms with Crippen LogP contribution in [0.3, 0.4) is 0 Å². The number of phosphoric acid groups is 1. The number of ketones is 1. The smallest absolute Gasteiger partial charge is 0.340 e. The maximum absolute atomic E-state index is 12.1. The lowest BCUT2D eigenvalue weighted by Crippen LogP contribution is -3.05. The van der Waals surface area contributed by atoms with Gasteiger partial charge in [0.15, 0.2) is 0 Å². The summed E-state index contributed by atoms with van der Waals surface area (Å²) in [5.74, 6) is 0.0759. The highest BCUT2D eigenvalue weighted by Crippen LogP contribution is 2.44. The second-order valence-corrected chi connectivity index (χ2v) is 11.9. The highest BCUT2D eigenvalue weighted by Gasteiger charge is 2.23. The van der Waals surface area contributed by atoms with Crippen molar-refractivity contribution in [2.24, 2.45) is 5.92 Å². The first kappa shape index (κ1) is 33.7. The van der Waals surface area contributed by atoms with Gasteiger partial charge in [-0.2, -0.15) is 0 Å². The van der Waals surface area contributed by atoms with Crippen LogP contribution in [-0.2, 0) is 18.4 Å². The van der Waals surface area contributed by atoms with Gasteiger partial charge in [0.2, 0.25) is 0 Å². The van der Waals surface area contributed by atoms with Crippen molar-refractivity contribution in [3.8, 4) is 0 Å². The van der Waals surface area contributed by atoms with E-state index in [0.29, 0.717) is 12.8 Å². The van der Waals surface area contributed by atoms with Crippen LogP contribution in [-0.4, -0.2) is 44.5 Å². The molecule has 0 saturated heterocycles. The van der Waals surface area contributed by atoms with Crippen LogP contribution in [0, 0.1) is 5.92 Å². The number of unbranched alkanes of at least 4 members (excludes halogenated alkanes) is 14. The van der Waals surface area contributed by atoms with E-state index in [-0.39, 0.29) is 24.9 Å². The van der Waals surface area contributed by atoms with E-state index in [2.05, 4.69) is 6.92 Å². The van der Waals surface area contributed by atoms with Crippen LogP contribution >= 0.6 is 7.82 Å². The molecule has 6 nitrogen and oxygen atoms in total. The summed E-state index contributed by atoms with van der Waals surface area (Å²) in [4.78, 5) is 22.7. The molecule has 2 N–H and O–H groups in total. The third-order valence-corrected chi connectivity index (χ3v) is 7.33. The van der Waals surface area contributed by atoms with E-state index < -0.39 is 7.82 Å². The molecule has 0 radical (unpaired) electrons. The molecule has 0 spiro atoms. The number of nitrogens with one attached hydrogen (secondary N) is 1. The molecule has 0 fully saturated rings. The number of Topliss-reactive ketones (excluding diaryl/α,β-unsaturated/α-hetero) is 1. The molecular weight excluding hydrogens is 449 g/mol. The number of carbonyl (C=O) groups excluding carboxylic acids is 1. The van der Waals surface area contributed by atoms with Crippen LogP contribution in [0.15, 0.2) is 0 Å². The largest absolute Gasteiger partial charge is 0.472 e. The van der Waals surface area contributed by atoms with Gasteiger partial charge < -0.3 is 14.6 Å². The van der Waals surface area contributed by atoms with Crippen molar-refractivity contribution >= 4 is 13.6 Å². The Kier molecular flexibility index (Phi) is 23.0. The molecule has 0 rings (SSSR count). The maximum atomic E-state index is 12.1. The second-order valence-electron chi connectivity index (χ2n) is 10.4. The molecule has 0 amide bonds. The van der Waals surface area contributed by atoms with Gasteiger partial charge in [-0.15, -0.1) is 0 Å². The van der Waals surface area contributed by atoms with Crippen molar-refractivity contribution in [2.45, 2.75) is 129 Å². The number of hydrogen-bond donors (Lipinski definition) is 2. The minimum Gasteiger partial charge on any atom is -0.340 e. The first-order valence-corrected chi connectivity index (χ1v) is 15.7. The fraction of sp³-hybridized carbons (Fsp3) is 0.963. The van der Waals surface area contributed by atoms with E-state index >= 15 is 0 Å². The number of phosphoric ester groups is 1. The molecule has 7 heteroatoms. The van der Waals surface area contributed by atoms with Crippen LogP contribution in [0.2, 0.25) is 0 Å². The molecule has 0 aromatic carbocycles. The Morgan fingerprint density at radius 1 is 0.794 bits per heavy atom. The van der Waals surface area contributed by atoms with E-state index in [1.54, 1.807) is 6.92 Å². The Bertz CT molecular complexity index is 515. The minimum atomic E-state index is -4.05. The highest BCUT2D eigenvalue weighted by atomic mass is 31.2. The lowest BCUT2D eigenvalue weighted by atomic mass is 9.96. The third-order valence-electron chi connectivity index (χ3n) is 6.34. The van der Waals surface area contributed by atoms with Gasteiger partial charge in [-0.25, -0.2) is 4.57 Å². The summed E-state index contributed by atoms with van der Waals surface area (Å²) in [6.45, 7) is 5.01. The molecule has 0 aromatic rings. The molecule has 0 aliphatic rings. The van der Waals surface area contributed by atoms with Gasteiger partial charge in [0.25, 0.3) is 0 Å². The predicted octanol–water partition coefficient (Wildman–Crippen LogP) is 6.51. The van der Waals surface area contributed by atoms with E-state index in [1.807, 2.05) is 14.1 Å². The minimum absolute atomic E-state index is 0.0187. The van der Waals surface area contributed by atoms with Gasteiger partial charge in [-0.1, -0.05) is 103 Å². The van der Waals surface area contributed by atoms with Crippen molar-refractivity contribution in [1.82, 2.24) is 0 Å². The first-order valence-electron chi connectivity index (χ1n) is 14.2. The molecule has 34 heavy (non-hydrogen) atoms. The molecule has 0 aromatic heterocycles. The van der Waals surface area contributed by atoms with Crippen LogP contribution in [0.1, 0.15) is 129 Å². The first-order chi connectivity index (χ1) is 16.3. The SMILES string of the molecule is CCCCCCCCCCCCCCCCCC(COP(=O)(O)OCCC[NH+](C)C)CC(C)=O. The van der Waals surface area contributed by atoms with E-state index in [9.17, 15) is 14.3 Å². The molecule has 2 unspecified atom stereocenters. The quantitative estimate of drug-likeness (QED) is 0.103. The van der Waals surface area contributed by atoms with Gasteiger partial charge >= 0.3 is 7.82 Å². The summed E-state index contributed by atoms with van der Waals surface area (Å²) >= 11 is 0. The Balaban J connectivity index is 3.77. The Morgan fingerprint density at radius 2 is 1.26 bits per heavy atom. The zero-order valence-corrected chi connectivity index (χ0v) is 23.8. The average molecular weight is 507 g/mol. The molecule has 0 heterocycles. The van der Waals surface area contributed by atoms with Crippen LogP contribution in [0.5, 0.6) is 0 Å². The summed E-state index contributed by atoms with van der Waals surface area (Å²) in [6, 6.07) is 0. The van der Waals surface area contributed by atoms with Gasteiger partial charge in [-0.05, 0) is 19.3 Å². The number of quaternary nitrogens is 1. The van der Waals surface area contributed by atoms with Gasteiger partial charge in [0.1, 0.15) is 5.78 Å². The molecule has 0 saturated carbocycles. The maximum Gasteiger partial charge on any atom is 0.472 e. The zero-order valence-electron chi connectivity index (χ0n) is 23.0. The number of carbonyl (C=O) groups is 1. The standard InChI is InChI=1S/C27H56NO5P/c1-5-6-7-8-9-10-11-12-13-14-15-16-17-18-19-21-27(24-26(2)29)25-33-34(30,31)32-23-20-22-28(3)4/h27H,5-25H2,1-4H3,(H,30,31)/p+1. The molecular formula is C27H57NO5P+. The van der Waals surface area contributed by atoms with Crippen molar-refractivity contribution in [2.75, 3.05) is 33.9 Å². The zero-order chi connectivity index (χ0) is 25.5. The average Bonchev–Trinajstić information content (AvgIpc) is 2.77. The molecule has 204 valence electrons. The Labute approximate surface area is 211 Å². The van der Waals surface area contributed by atoms with Crippen molar-refractivity contribution in [3.63, 3.8) is 0 Å². The fourth-order valence-corrected chi connectivity index (χ4v) is 5.13. The van der Waals surface area contributed by atoms with E-state index in [1.165, 1.54) is 88.4 Å². The highest BCUT2D eigenvalue weighted by molar-refractivity contribution is 7.47. The monoisotopic (exact) mass is 506 g/mol. The predicted molar refractivity (Wildman–Crippen MR) is 142 cm³/mol. The van der Waals surface area contributed by atoms with Crippen LogP contribution < -0.4 is 4.90 Å². The Morgan fingerprint density at radius 3 is 1.71 bits per heavy atom. The van der Waals surface area contributed by atoms with Crippen LogP contribution in [0.4, 0.5) is 0 Å². The summed E-state index contributed by atoms with van der Waals surface area (Å²) in [7, 11) is 0.00933. The number of hydrogen-bond acceptors (Lipinski definition) is 4. The number of rotatable bonds is 26.